The van der Waals surface area contributed by atoms with Gasteiger partial charge in [0, 0.05) is 11.6 Å². The first-order valence-corrected chi connectivity index (χ1v) is 5.67. The molecule has 0 aromatic rings. The highest BCUT2D eigenvalue weighted by Crippen LogP contribution is 2.27. The number of halogens is 1. The van der Waals surface area contributed by atoms with Gasteiger partial charge in [0.05, 0.1) is 0 Å². The lowest BCUT2D eigenvalue weighted by Crippen LogP contribution is -2.26. The maximum Gasteiger partial charge on any atom is 0.0307 e. The first-order valence-electron chi connectivity index (χ1n) is 5.29. The summed E-state index contributed by atoms with van der Waals surface area (Å²) in [6.45, 7) is 9.96. The molecule has 0 aromatic carbocycles. The minimum absolute atomic E-state index is 0.695. The highest BCUT2D eigenvalue weighted by atomic mass is 35.5. The zero-order chi connectivity index (χ0) is 10.6. The molecule has 0 radical (unpaired) electrons. The summed E-state index contributed by atoms with van der Waals surface area (Å²) in [6.07, 6.45) is 4.90. The van der Waals surface area contributed by atoms with E-state index in [-0.39, 0.29) is 0 Å². The molecule has 80 valence electrons. The quantitative estimate of drug-likeness (QED) is 0.707. The Morgan fingerprint density at radius 1 is 1.71 bits per heavy atom. The molecule has 1 nitrogen and oxygen atoms in total. The maximum absolute atomic E-state index is 5.68. The second-order valence-corrected chi connectivity index (χ2v) is 4.98. The molecule has 1 N–H and O–H groups in total. The third-order valence-electron chi connectivity index (χ3n) is 2.63. The van der Waals surface area contributed by atoms with Crippen LogP contribution < -0.4 is 5.32 Å². The van der Waals surface area contributed by atoms with E-state index in [2.05, 4.69) is 31.8 Å². The Bertz CT molecular complexity index is 232. The van der Waals surface area contributed by atoms with E-state index >= 15 is 0 Å². The Labute approximate surface area is 92.2 Å². The van der Waals surface area contributed by atoms with Crippen LogP contribution in [0.15, 0.2) is 23.3 Å². The van der Waals surface area contributed by atoms with Crippen LogP contribution in [0.2, 0.25) is 0 Å². The number of nitrogens with one attached hydrogen (secondary N) is 1. The Kier molecular flexibility index (Phi) is 4.70. The van der Waals surface area contributed by atoms with E-state index in [1.54, 1.807) is 0 Å². The zero-order valence-electron chi connectivity index (χ0n) is 9.15. The molecule has 14 heavy (non-hydrogen) atoms. The third kappa shape index (κ3) is 4.30. The lowest BCUT2D eigenvalue weighted by molar-refractivity contribution is 0.387. The van der Waals surface area contributed by atoms with Gasteiger partial charge < -0.3 is 5.32 Å². The fourth-order valence-electron chi connectivity index (χ4n) is 2.25. The normalized spacial score (nSPS) is 27.2. The van der Waals surface area contributed by atoms with Crippen molar-refractivity contribution < 1.29 is 0 Å². The molecule has 0 aliphatic heterocycles. The number of rotatable bonds is 4. The molecule has 0 amide bonds. The van der Waals surface area contributed by atoms with Crippen molar-refractivity contribution in [2.45, 2.75) is 26.7 Å². The van der Waals surface area contributed by atoms with Crippen molar-refractivity contribution in [3.05, 3.63) is 23.3 Å². The summed E-state index contributed by atoms with van der Waals surface area (Å²) in [6, 6.07) is 0. The van der Waals surface area contributed by atoms with Crippen LogP contribution in [0.4, 0.5) is 0 Å². The summed E-state index contributed by atoms with van der Waals surface area (Å²) in [7, 11) is 0. The van der Waals surface area contributed by atoms with Gasteiger partial charge in [-0.1, -0.05) is 36.8 Å². The molecule has 1 aliphatic carbocycles. The topological polar surface area (TPSA) is 12.0 Å². The van der Waals surface area contributed by atoms with Crippen LogP contribution in [0.25, 0.3) is 0 Å². The van der Waals surface area contributed by atoms with Crippen LogP contribution in [0.1, 0.15) is 26.7 Å². The minimum atomic E-state index is 0.695. The summed E-state index contributed by atoms with van der Waals surface area (Å²) >= 11 is 5.68. The number of hydrogen-bond donors (Lipinski definition) is 1. The zero-order valence-corrected chi connectivity index (χ0v) is 9.90. The summed E-state index contributed by atoms with van der Waals surface area (Å²) in [5.41, 5.74) is 1.53. The highest BCUT2D eigenvalue weighted by molar-refractivity contribution is 6.29. The van der Waals surface area contributed by atoms with Crippen molar-refractivity contribution >= 4 is 11.6 Å². The number of hydrogen-bond acceptors (Lipinski definition) is 1. The third-order valence-corrected chi connectivity index (χ3v) is 2.77. The van der Waals surface area contributed by atoms with Crippen LogP contribution in [-0.4, -0.2) is 13.1 Å². The van der Waals surface area contributed by atoms with Gasteiger partial charge in [0.1, 0.15) is 0 Å². The second-order valence-electron chi connectivity index (χ2n) is 4.44. The molecule has 2 atom stereocenters. The SMILES string of the molecule is C=C(Cl)CNCC1CC(C)=CC(C)C1. The van der Waals surface area contributed by atoms with Gasteiger partial charge in [-0.05, 0) is 38.1 Å². The van der Waals surface area contributed by atoms with Crippen molar-refractivity contribution in [2.75, 3.05) is 13.1 Å². The summed E-state index contributed by atoms with van der Waals surface area (Å²) in [5, 5.41) is 4.03. The van der Waals surface area contributed by atoms with Crippen LogP contribution in [0.5, 0.6) is 0 Å². The van der Waals surface area contributed by atoms with Crippen molar-refractivity contribution in [2.24, 2.45) is 11.8 Å². The molecule has 0 bridgehead atoms. The standard InChI is InChI=1S/C12H20ClN/c1-9-4-10(2)6-12(5-9)8-14-7-11(3)13/h4,9,12,14H,3,5-8H2,1-2H3. The van der Waals surface area contributed by atoms with Crippen LogP contribution >= 0.6 is 11.6 Å². The fraction of sp³-hybridized carbons (Fsp3) is 0.667. The Balaban J connectivity index is 2.26. The van der Waals surface area contributed by atoms with Gasteiger partial charge in [-0.3, -0.25) is 0 Å². The molecule has 0 heterocycles. The van der Waals surface area contributed by atoms with Crippen molar-refractivity contribution in [3.63, 3.8) is 0 Å². The summed E-state index contributed by atoms with van der Waals surface area (Å²) < 4.78 is 0. The highest BCUT2D eigenvalue weighted by Gasteiger charge is 2.17. The molecule has 2 unspecified atom stereocenters. The van der Waals surface area contributed by atoms with Crippen LogP contribution in [0, 0.1) is 11.8 Å². The monoisotopic (exact) mass is 213 g/mol. The smallest absolute Gasteiger partial charge is 0.0307 e. The minimum Gasteiger partial charge on any atom is -0.312 e. The van der Waals surface area contributed by atoms with E-state index in [1.165, 1.54) is 18.4 Å². The number of allylic oxidation sites excluding steroid dienone is 2. The summed E-state index contributed by atoms with van der Waals surface area (Å²) in [5.74, 6) is 1.50. The molecule has 2 heteroatoms. The Morgan fingerprint density at radius 2 is 2.43 bits per heavy atom. The Morgan fingerprint density at radius 3 is 3.00 bits per heavy atom. The van der Waals surface area contributed by atoms with E-state index in [0.29, 0.717) is 5.03 Å². The molecule has 0 saturated carbocycles. The van der Waals surface area contributed by atoms with E-state index in [1.807, 2.05) is 0 Å². The second kappa shape index (κ2) is 5.57. The van der Waals surface area contributed by atoms with Crippen molar-refractivity contribution in [1.82, 2.24) is 5.32 Å². The molecule has 0 spiro atoms. The maximum atomic E-state index is 5.68. The van der Waals surface area contributed by atoms with Gasteiger partial charge >= 0.3 is 0 Å². The lowest BCUT2D eigenvalue weighted by atomic mass is 9.84. The van der Waals surface area contributed by atoms with Crippen LogP contribution in [0.3, 0.4) is 0 Å². The van der Waals surface area contributed by atoms with E-state index in [4.69, 9.17) is 11.6 Å². The first kappa shape index (κ1) is 11.8. The van der Waals surface area contributed by atoms with E-state index in [9.17, 15) is 0 Å². The van der Waals surface area contributed by atoms with Gasteiger partial charge in [-0.15, -0.1) is 0 Å². The van der Waals surface area contributed by atoms with Gasteiger partial charge in [0.15, 0.2) is 0 Å². The van der Waals surface area contributed by atoms with Gasteiger partial charge in [-0.25, -0.2) is 0 Å². The predicted octanol–water partition coefficient (Wildman–Crippen LogP) is 3.32. The Hall–Kier alpha value is -0.270. The molecular formula is C12H20ClN. The molecule has 0 aromatic heterocycles. The van der Waals surface area contributed by atoms with Crippen molar-refractivity contribution in [3.8, 4) is 0 Å². The van der Waals surface area contributed by atoms with E-state index in [0.717, 1.165) is 24.9 Å². The largest absolute Gasteiger partial charge is 0.312 e. The molecule has 0 fully saturated rings. The first-order chi connectivity index (χ1) is 6.58. The molecular weight excluding hydrogens is 194 g/mol. The molecule has 1 rings (SSSR count). The van der Waals surface area contributed by atoms with Gasteiger partial charge in [-0.2, -0.15) is 0 Å². The van der Waals surface area contributed by atoms with E-state index < -0.39 is 0 Å². The lowest BCUT2D eigenvalue weighted by Gasteiger charge is -2.25. The fourth-order valence-corrected chi connectivity index (χ4v) is 2.35. The average molecular weight is 214 g/mol. The van der Waals surface area contributed by atoms with Crippen molar-refractivity contribution in [1.29, 1.82) is 0 Å². The average Bonchev–Trinajstić information content (AvgIpc) is 2.01. The summed E-state index contributed by atoms with van der Waals surface area (Å²) in [4.78, 5) is 0. The van der Waals surface area contributed by atoms with Gasteiger partial charge in [0.2, 0.25) is 0 Å². The van der Waals surface area contributed by atoms with Crippen LogP contribution in [-0.2, 0) is 0 Å². The van der Waals surface area contributed by atoms with Gasteiger partial charge in [0.25, 0.3) is 0 Å². The molecule has 0 saturated heterocycles. The molecule has 1 aliphatic rings. The predicted molar refractivity (Wildman–Crippen MR) is 63.5 cm³/mol.